The summed E-state index contributed by atoms with van der Waals surface area (Å²) in [6, 6.07) is 13.6. The van der Waals surface area contributed by atoms with Crippen molar-refractivity contribution in [3.63, 3.8) is 0 Å². The number of para-hydroxylation sites is 1. The van der Waals surface area contributed by atoms with E-state index < -0.39 is 21.7 Å². The molecule has 1 aromatic heterocycles. The first kappa shape index (κ1) is 24.7. The van der Waals surface area contributed by atoms with Crippen LogP contribution in [-0.2, 0) is 14.6 Å². The molecule has 1 atom stereocenters. The van der Waals surface area contributed by atoms with Gasteiger partial charge >= 0.3 is 0 Å². The molecule has 0 aliphatic carbocycles. The molecule has 2 fully saturated rings. The van der Waals surface area contributed by atoms with E-state index in [0.29, 0.717) is 39.1 Å². The zero-order chi connectivity index (χ0) is 25.4. The summed E-state index contributed by atoms with van der Waals surface area (Å²) in [5, 5.41) is 4.69. The Bertz CT molecular complexity index is 1490. The van der Waals surface area contributed by atoms with Crippen molar-refractivity contribution in [1.82, 2.24) is 14.7 Å². The summed E-state index contributed by atoms with van der Waals surface area (Å²) >= 11 is 6.56. The molecule has 2 saturated heterocycles. The van der Waals surface area contributed by atoms with Gasteiger partial charge in [0.05, 0.1) is 34.7 Å². The first-order valence-electron chi connectivity index (χ1n) is 11.3. The Morgan fingerprint density at radius 2 is 2.03 bits per heavy atom. The van der Waals surface area contributed by atoms with Crippen LogP contribution in [0, 0.1) is 5.82 Å². The summed E-state index contributed by atoms with van der Waals surface area (Å²) in [4.78, 5) is 15.0. The Kier molecular flexibility index (Phi) is 6.71. The van der Waals surface area contributed by atoms with E-state index >= 15 is 0 Å². The number of benzene rings is 2. The van der Waals surface area contributed by atoms with Crippen LogP contribution in [0.4, 0.5) is 4.39 Å². The fraction of sp³-hybridized carbons (Fsp3) is 0.240. The van der Waals surface area contributed by atoms with Crippen molar-refractivity contribution in [2.75, 3.05) is 18.1 Å². The van der Waals surface area contributed by atoms with Gasteiger partial charge in [-0.15, -0.1) is 0 Å². The number of carbonyl (C=O) groups excluding carboxylic acids is 1. The molecule has 3 heterocycles. The predicted octanol–water partition coefficient (Wildman–Crippen LogP) is 4.47. The number of amides is 1. The molecule has 0 bridgehead atoms. The second-order valence-electron chi connectivity index (χ2n) is 8.40. The minimum Gasteiger partial charge on any atom is -0.491 e. The van der Waals surface area contributed by atoms with Gasteiger partial charge in [0.15, 0.2) is 21.4 Å². The first-order valence-corrected chi connectivity index (χ1v) is 14.4. The Morgan fingerprint density at radius 1 is 1.25 bits per heavy atom. The third-order valence-corrected chi connectivity index (χ3v) is 9.03. The van der Waals surface area contributed by atoms with E-state index in [4.69, 9.17) is 17.0 Å². The highest BCUT2D eigenvalue weighted by Gasteiger charge is 2.42. The molecule has 3 aromatic rings. The number of thioether (sulfide) groups is 1. The molecule has 2 aromatic carbocycles. The van der Waals surface area contributed by atoms with Crippen LogP contribution in [-0.4, -0.2) is 57.5 Å². The van der Waals surface area contributed by atoms with Crippen molar-refractivity contribution < 1.29 is 22.3 Å². The number of carbonyl (C=O) groups is 1. The standard InChI is InChI=1S/C25H22FN3O4S3/c1-2-33-21-9-8-16(12-20(21)26)23-17(14-28(27-23)18-6-4-3-5-7-18)13-22-24(30)29(25(34)35-22)19-10-11-36(31,32)15-19/h3-9,12-14,19H,2,10-11,15H2,1H3/b22-13-. The Morgan fingerprint density at radius 3 is 2.69 bits per heavy atom. The topological polar surface area (TPSA) is 81.5 Å². The number of rotatable bonds is 6. The van der Waals surface area contributed by atoms with Gasteiger partial charge in [-0.2, -0.15) is 5.10 Å². The number of thiocarbonyl (C=S) groups is 1. The molecule has 5 rings (SSSR count). The van der Waals surface area contributed by atoms with Crippen molar-refractivity contribution in [3.05, 3.63) is 71.0 Å². The van der Waals surface area contributed by atoms with Gasteiger partial charge in [-0.1, -0.05) is 42.2 Å². The summed E-state index contributed by atoms with van der Waals surface area (Å²) in [5.41, 5.74) is 2.40. The van der Waals surface area contributed by atoms with Crippen LogP contribution in [0.3, 0.4) is 0 Å². The molecule has 0 saturated carbocycles. The lowest BCUT2D eigenvalue weighted by atomic mass is 10.1. The zero-order valence-electron chi connectivity index (χ0n) is 19.3. The van der Waals surface area contributed by atoms with Gasteiger partial charge in [0.2, 0.25) is 0 Å². The number of nitrogens with zero attached hydrogens (tertiary/aromatic N) is 3. The van der Waals surface area contributed by atoms with Crippen molar-refractivity contribution in [1.29, 1.82) is 0 Å². The molecule has 0 spiro atoms. The summed E-state index contributed by atoms with van der Waals surface area (Å²) in [5.74, 6) is -0.732. The lowest BCUT2D eigenvalue weighted by Gasteiger charge is -2.20. The highest BCUT2D eigenvalue weighted by atomic mass is 32.2. The zero-order valence-corrected chi connectivity index (χ0v) is 21.7. The molecule has 2 aliphatic heterocycles. The Labute approximate surface area is 217 Å². The van der Waals surface area contributed by atoms with Gasteiger partial charge in [-0.3, -0.25) is 9.69 Å². The van der Waals surface area contributed by atoms with E-state index in [2.05, 4.69) is 5.10 Å². The highest BCUT2D eigenvalue weighted by Crippen LogP contribution is 2.38. The lowest BCUT2D eigenvalue weighted by Crippen LogP contribution is -2.39. The Hall–Kier alpha value is -3.02. The fourth-order valence-corrected chi connectivity index (χ4v) is 7.36. The van der Waals surface area contributed by atoms with Crippen molar-refractivity contribution in [2.24, 2.45) is 0 Å². The quantitative estimate of drug-likeness (QED) is 0.335. The van der Waals surface area contributed by atoms with E-state index in [1.54, 1.807) is 36.0 Å². The summed E-state index contributed by atoms with van der Waals surface area (Å²) in [6.45, 7) is 2.12. The molecular weight excluding hydrogens is 521 g/mol. The maximum Gasteiger partial charge on any atom is 0.266 e. The molecule has 0 N–H and O–H groups in total. The third kappa shape index (κ3) is 4.82. The molecule has 1 unspecified atom stereocenters. The second-order valence-corrected chi connectivity index (χ2v) is 12.3. The van der Waals surface area contributed by atoms with Crippen LogP contribution >= 0.6 is 24.0 Å². The smallest absolute Gasteiger partial charge is 0.266 e. The minimum absolute atomic E-state index is 0.0467. The van der Waals surface area contributed by atoms with Gasteiger partial charge in [0.1, 0.15) is 10.0 Å². The van der Waals surface area contributed by atoms with Crippen LogP contribution < -0.4 is 4.74 Å². The van der Waals surface area contributed by atoms with Crippen LogP contribution in [0.15, 0.2) is 59.6 Å². The Balaban J connectivity index is 1.55. The molecule has 2 aliphatic rings. The average molecular weight is 544 g/mol. The van der Waals surface area contributed by atoms with Crippen molar-refractivity contribution in [2.45, 2.75) is 19.4 Å². The average Bonchev–Trinajstić information content (AvgIpc) is 3.51. The summed E-state index contributed by atoms with van der Waals surface area (Å²) in [6.07, 6.45) is 3.81. The first-order chi connectivity index (χ1) is 17.3. The second kappa shape index (κ2) is 9.79. The molecule has 36 heavy (non-hydrogen) atoms. The van der Waals surface area contributed by atoms with E-state index in [1.807, 2.05) is 30.3 Å². The molecule has 11 heteroatoms. The maximum atomic E-state index is 14.7. The molecule has 186 valence electrons. The number of aromatic nitrogens is 2. The summed E-state index contributed by atoms with van der Waals surface area (Å²) < 4.78 is 45.9. The maximum absolute atomic E-state index is 14.7. The van der Waals surface area contributed by atoms with Crippen molar-refractivity contribution >= 4 is 50.1 Å². The predicted molar refractivity (Wildman–Crippen MR) is 142 cm³/mol. The van der Waals surface area contributed by atoms with Crippen molar-refractivity contribution in [3.8, 4) is 22.7 Å². The van der Waals surface area contributed by atoms with E-state index in [-0.39, 0.29) is 23.2 Å². The molecule has 7 nitrogen and oxygen atoms in total. The SMILES string of the molecule is CCOc1ccc(-c2nn(-c3ccccc3)cc2/C=C2\SC(=S)N(C3CCS(=O)(=O)C3)C2=O)cc1F. The van der Waals surface area contributed by atoms with Crippen LogP contribution in [0.1, 0.15) is 18.9 Å². The van der Waals surface area contributed by atoms with Gasteiger partial charge < -0.3 is 4.74 Å². The van der Waals surface area contributed by atoms with E-state index in [0.717, 1.165) is 17.4 Å². The van der Waals surface area contributed by atoms with Crippen LogP contribution in [0.5, 0.6) is 5.75 Å². The van der Waals surface area contributed by atoms with Gasteiger partial charge in [-0.05, 0) is 49.8 Å². The summed E-state index contributed by atoms with van der Waals surface area (Å²) in [7, 11) is -3.18. The monoisotopic (exact) mass is 543 g/mol. The highest BCUT2D eigenvalue weighted by molar-refractivity contribution is 8.26. The number of halogens is 1. The van der Waals surface area contributed by atoms with E-state index in [1.165, 1.54) is 11.0 Å². The number of ether oxygens (including phenoxy) is 1. The minimum atomic E-state index is -3.18. The molecular formula is C25H22FN3O4S3. The number of hydrogen-bond acceptors (Lipinski definition) is 7. The molecule has 0 radical (unpaired) electrons. The lowest BCUT2D eigenvalue weighted by molar-refractivity contribution is -0.123. The number of sulfone groups is 1. The molecule has 1 amide bonds. The van der Waals surface area contributed by atoms with Crippen LogP contribution in [0.25, 0.3) is 23.0 Å². The normalized spacial score (nSPS) is 20.4. The fourth-order valence-electron chi connectivity index (χ4n) is 4.27. The number of hydrogen-bond donors (Lipinski definition) is 0. The van der Waals surface area contributed by atoms with E-state index in [9.17, 15) is 17.6 Å². The van der Waals surface area contributed by atoms with Gasteiger partial charge in [0.25, 0.3) is 5.91 Å². The van der Waals surface area contributed by atoms with Gasteiger partial charge in [-0.25, -0.2) is 17.5 Å². The third-order valence-electron chi connectivity index (χ3n) is 5.95. The largest absolute Gasteiger partial charge is 0.491 e. The van der Waals surface area contributed by atoms with Gasteiger partial charge in [0, 0.05) is 17.3 Å². The van der Waals surface area contributed by atoms with Crippen LogP contribution in [0.2, 0.25) is 0 Å².